The highest BCUT2D eigenvalue weighted by molar-refractivity contribution is 7.86. The van der Waals surface area contributed by atoms with Gasteiger partial charge in [0.2, 0.25) is 0 Å². The van der Waals surface area contributed by atoms with Crippen molar-refractivity contribution in [2.75, 3.05) is 60.4 Å². The molecule has 1 aliphatic rings. The van der Waals surface area contributed by atoms with Crippen molar-refractivity contribution < 1.29 is 8.42 Å². The Morgan fingerprint density at radius 2 is 1.76 bits per heavy atom. The molecule has 0 aromatic carbocycles. The van der Waals surface area contributed by atoms with Gasteiger partial charge in [-0.1, -0.05) is 6.92 Å². The van der Waals surface area contributed by atoms with Crippen LogP contribution in [0.1, 0.15) is 26.2 Å². The second-order valence-electron chi connectivity index (χ2n) is 6.14. The van der Waals surface area contributed by atoms with E-state index in [9.17, 15) is 8.42 Å². The topological polar surface area (TPSA) is 55.9 Å². The summed E-state index contributed by atoms with van der Waals surface area (Å²) in [4.78, 5) is 2.08. The molecule has 0 atom stereocenters. The van der Waals surface area contributed by atoms with E-state index in [-0.39, 0.29) is 0 Å². The average Bonchev–Trinajstić information content (AvgIpc) is 2.45. The number of nitrogens with zero attached hydrogens (tertiary/aromatic N) is 3. The Morgan fingerprint density at radius 3 is 2.29 bits per heavy atom. The van der Waals surface area contributed by atoms with Crippen molar-refractivity contribution >= 4 is 10.2 Å². The van der Waals surface area contributed by atoms with Gasteiger partial charge in [-0.2, -0.15) is 17.0 Å². The van der Waals surface area contributed by atoms with Crippen molar-refractivity contribution in [3.05, 3.63) is 0 Å². The summed E-state index contributed by atoms with van der Waals surface area (Å²) in [5.41, 5.74) is 0. The molecule has 0 saturated carbocycles. The number of piperidine rings is 1. The van der Waals surface area contributed by atoms with Crippen LogP contribution in [0.15, 0.2) is 0 Å². The zero-order valence-corrected chi connectivity index (χ0v) is 14.8. The molecular weight excluding hydrogens is 288 g/mol. The third-order valence-electron chi connectivity index (χ3n) is 4.05. The number of hydrogen-bond acceptors (Lipinski definition) is 4. The molecule has 7 heteroatoms. The van der Waals surface area contributed by atoms with Gasteiger partial charge in [-0.3, -0.25) is 0 Å². The molecule has 0 amide bonds. The zero-order chi connectivity index (χ0) is 15.9. The molecule has 126 valence electrons. The van der Waals surface area contributed by atoms with E-state index in [1.807, 2.05) is 14.1 Å². The minimum Gasteiger partial charge on any atom is -0.317 e. The van der Waals surface area contributed by atoms with Crippen LogP contribution in [0.2, 0.25) is 0 Å². The maximum Gasteiger partial charge on any atom is 0.281 e. The fraction of sp³-hybridized carbons (Fsp3) is 1.00. The quantitative estimate of drug-likeness (QED) is 0.670. The van der Waals surface area contributed by atoms with Gasteiger partial charge in [0.05, 0.1) is 0 Å². The molecule has 0 aromatic rings. The molecule has 0 aromatic heterocycles. The second-order valence-corrected chi connectivity index (χ2v) is 8.17. The van der Waals surface area contributed by atoms with Gasteiger partial charge in [0.15, 0.2) is 0 Å². The van der Waals surface area contributed by atoms with Gasteiger partial charge >= 0.3 is 0 Å². The highest BCUT2D eigenvalue weighted by Crippen LogP contribution is 2.20. The lowest BCUT2D eigenvalue weighted by Crippen LogP contribution is -2.47. The SMILES string of the molecule is CCNCC1CCN(S(=O)(=O)N(C)CCCN(C)C)CC1. The van der Waals surface area contributed by atoms with Crippen molar-refractivity contribution in [3.8, 4) is 0 Å². The molecule has 21 heavy (non-hydrogen) atoms. The van der Waals surface area contributed by atoms with Gasteiger partial charge in [-0.15, -0.1) is 0 Å². The first-order valence-electron chi connectivity index (χ1n) is 7.94. The average molecular weight is 321 g/mol. The van der Waals surface area contributed by atoms with Crippen molar-refractivity contribution in [2.24, 2.45) is 5.92 Å². The fourth-order valence-corrected chi connectivity index (χ4v) is 4.04. The predicted octanol–water partition coefficient (Wildman–Crippen LogP) is 0.436. The molecule has 0 unspecified atom stereocenters. The second kappa shape index (κ2) is 9.05. The summed E-state index contributed by atoms with van der Waals surface area (Å²) < 4.78 is 28.2. The summed E-state index contributed by atoms with van der Waals surface area (Å²) in [5.74, 6) is 0.607. The Morgan fingerprint density at radius 1 is 1.14 bits per heavy atom. The molecule has 1 N–H and O–H groups in total. The number of nitrogens with one attached hydrogen (secondary N) is 1. The monoisotopic (exact) mass is 320 g/mol. The van der Waals surface area contributed by atoms with Gasteiger partial charge in [-0.05, 0) is 58.9 Å². The first-order valence-corrected chi connectivity index (χ1v) is 9.34. The lowest BCUT2D eigenvalue weighted by molar-refractivity contribution is 0.253. The number of rotatable bonds is 9. The Hall–Kier alpha value is -0.210. The molecule has 1 rings (SSSR count). The summed E-state index contributed by atoms with van der Waals surface area (Å²) >= 11 is 0. The molecule has 0 aliphatic carbocycles. The maximum absolute atomic E-state index is 12.5. The van der Waals surface area contributed by atoms with Crippen LogP contribution in [0.3, 0.4) is 0 Å². The Kier molecular flexibility index (Phi) is 8.12. The van der Waals surface area contributed by atoms with Crippen LogP contribution in [0.4, 0.5) is 0 Å². The smallest absolute Gasteiger partial charge is 0.281 e. The largest absolute Gasteiger partial charge is 0.317 e. The number of hydrogen-bond donors (Lipinski definition) is 1. The van der Waals surface area contributed by atoms with Crippen LogP contribution in [0.25, 0.3) is 0 Å². The first kappa shape index (κ1) is 18.8. The van der Waals surface area contributed by atoms with Crippen LogP contribution in [0, 0.1) is 5.92 Å². The van der Waals surface area contributed by atoms with Gasteiger partial charge < -0.3 is 10.2 Å². The third kappa shape index (κ3) is 6.20. The first-order chi connectivity index (χ1) is 9.87. The van der Waals surface area contributed by atoms with Gasteiger partial charge in [-0.25, -0.2) is 0 Å². The molecule has 0 bridgehead atoms. The molecule has 1 heterocycles. The summed E-state index contributed by atoms with van der Waals surface area (Å²) in [5, 5.41) is 3.35. The highest BCUT2D eigenvalue weighted by atomic mass is 32.2. The van der Waals surface area contributed by atoms with E-state index >= 15 is 0 Å². The van der Waals surface area contributed by atoms with Gasteiger partial charge in [0.1, 0.15) is 0 Å². The fourth-order valence-electron chi connectivity index (χ4n) is 2.61. The summed E-state index contributed by atoms with van der Waals surface area (Å²) in [6.45, 7) is 6.87. The predicted molar refractivity (Wildman–Crippen MR) is 87.6 cm³/mol. The molecule has 1 fully saturated rings. The minimum atomic E-state index is -3.28. The van der Waals surface area contributed by atoms with E-state index in [1.165, 1.54) is 4.31 Å². The molecule has 0 spiro atoms. The molecule has 1 aliphatic heterocycles. The van der Waals surface area contributed by atoms with Gasteiger partial charge in [0, 0.05) is 26.7 Å². The Balaban J connectivity index is 2.41. The zero-order valence-electron chi connectivity index (χ0n) is 14.0. The lowest BCUT2D eigenvalue weighted by atomic mass is 9.98. The normalized spacial score (nSPS) is 18.8. The maximum atomic E-state index is 12.5. The molecule has 0 radical (unpaired) electrons. The summed E-state index contributed by atoms with van der Waals surface area (Å²) in [6, 6.07) is 0. The van der Waals surface area contributed by atoms with E-state index in [2.05, 4.69) is 17.1 Å². The standard InChI is InChI=1S/C14H32N4O2S/c1-5-15-13-14-7-11-18(12-8-14)21(19,20)17(4)10-6-9-16(2)3/h14-15H,5-13H2,1-4H3. The van der Waals surface area contributed by atoms with Crippen molar-refractivity contribution in [3.63, 3.8) is 0 Å². The molecular formula is C14H32N4O2S. The Bertz CT molecular complexity index is 378. The molecule has 6 nitrogen and oxygen atoms in total. The van der Waals surface area contributed by atoms with Crippen molar-refractivity contribution in [1.82, 2.24) is 18.8 Å². The van der Waals surface area contributed by atoms with E-state index in [0.29, 0.717) is 25.6 Å². The third-order valence-corrected chi connectivity index (χ3v) is 6.04. The van der Waals surface area contributed by atoms with Crippen LogP contribution < -0.4 is 5.32 Å². The minimum absolute atomic E-state index is 0.581. The van der Waals surface area contributed by atoms with E-state index in [0.717, 1.165) is 38.9 Å². The van der Waals surface area contributed by atoms with Crippen molar-refractivity contribution in [1.29, 1.82) is 0 Å². The van der Waals surface area contributed by atoms with Crippen molar-refractivity contribution in [2.45, 2.75) is 26.2 Å². The van der Waals surface area contributed by atoms with E-state index in [1.54, 1.807) is 11.4 Å². The van der Waals surface area contributed by atoms with Crippen LogP contribution in [0.5, 0.6) is 0 Å². The summed E-state index contributed by atoms with van der Waals surface area (Å²) in [7, 11) is 2.42. The Labute approximate surface area is 130 Å². The lowest BCUT2D eigenvalue weighted by Gasteiger charge is -2.33. The summed E-state index contributed by atoms with van der Waals surface area (Å²) in [6.07, 6.45) is 2.77. The van der Waals surface area contributed by atoms with E-state index < -0.39 is 10.2 Å². The van der Waals surface area contributed by atoms with Crippen LogP contribution >= 0.6 is 0 Å². The van der Waals surface area contributed by atoms with Gasteiger partial charge in [0.25, 0.3) is 10.2 Å². The highest BCUT2D eigenvalue weighted by Gasteiger charge is 2.30. The molecule has 1 saturated heterocycles. The van der Waals surface area contributed by atoms with E-state index in [4.69, 9.17) is 0 Å². The van der Waals surface area contributed by atoms with Crippen LogP contribution in [-0.4, -0.2) is 82.3 Å². The van der Waals surface area contributed by atoms with Crippen LogP contribution in [-0.2, 0) is 10.2 Å².